The first-order valence-corrected chi connectivity index (χ1v) is 12.0. The van der Waals surface area contributed by atoms with Crippen LogP contribution in [0.2, 0.25) is 0 Å². The fraction of sp³-hybridized carbons (Fsp3) is 0.333. The standard InChI is InChI=1S/C27H30N8/c1-17-11-18(2)23(19(3)12-17)32-26-24-25(30-16-29-24)33-27(34-26)31-22-7-9-35(10-8-22)15-21-6-4-5-20(13-21)14-28/h4-6,11-13,16,22H,7-10,15H2,1-3H3,(H3,29,30,31,32,33,34). The second-order valence-corrected chi connectivity index (χ2v) is 9.40. The molecule has 3 heterocycles. The minimum absolute atomic E-state index is 0.295. The molecule has 1 aliphatic heterocycles. The van der Waals surface area contributed by atoms with E-state index in [1.54, 1.807) is 6.33 Å². The lowest BCUT2D eigenvalue weighted by atomic mass is 10.0. The van der Waals surface area contributed by atoms with E-state index in [9.17, 15) is 0 Å². The molecule has 0 aliphatic carbocycles. The zero-order valence-corrected chi connectivity index (χ0v) is 20.4. The number of benzene rings is 2. The van der Waals surface area contributed by atoms with E-state index in [1.807, 2.05) is 18.2 Å². The van der Waals surface area contributed by atoms with Crippen molar-refractivity contribution in [2.45, 2.75) is 46.2 Å². The second-order valence-electron chi connectivity index (χ2n) is 9.40. The van der Waals surface area contributed by atoms with Gasteiger partial charge < -0.3 is 15.6 Å². The van der Waals surface area contributed by atoms with Crippen molar-refractivity contribution < 1.29 is 0 Å². The summed E-state index contributed by atoms with van der Waals surface area (Å²) in [6.07, 6.45) is 3.65. The molecule has 0 bridgehead atoms. The monoisotopic (exact) mass is 466 g/mol. The molecule has 0 spiro atoms. The van der Waals surface area contributed by atoms with E-state index < -0.39 is 0 Å². The highest BCUT2D eigenvalue weighted by Gasteiger charge is 2.21. The van der Waals surface area contributed by atoms with Gasteiger partial charge in [-0.3, -0.25) is 4.90 Å². The van der Waals surface area contributed by atoms with Crippen LogP contribution in [0.3, 0.4) is 0 Å². The Labute approximate surface area is 205 Å². The third-order valence-corrected chi connectivity index (χ3v) is 6.59. The number of rotatable bonds is 6. The molecule has 0 atom stereocenters. The van der Waals surface area contributed by atoms with Gasteiger partial charge in [0.15, 0.2) is 11.5 Å². The number of hydrogen-bond acceptors (Lipinski definition) is 7. The quantitative estimate of drug-likeness (QED) is 0.368. The van der Waals surface area contributed by atoms with E-state index >= 15 is 0 Å². The third-order valence-electron chi connectivity index (χ3n) is 6.59. The minimum Gasteiger partial charge on any atom is -0.351 e. The van der Waals surface area contributed by atoms with Crippen molar-refractivity contribution in [3.63, 3.8) is 0 Å². The number of H-pyrrole nitrogens is 1. The number of piperidine rings is 1. The van der Waals surface area contributed by atoms with E-state index in [-0.39, 0.29) is 0 Å². The molecule has 35 heavy (non-hydrogen) atoms. The highest BCUT2D eigenvalue weighted by Crippen LogP contribution is 2.29. The molecule has 0 radical (unpaired) electrons. The number of nitrogens with one attached hydrogen (secondary N) is 3. The number of anilines is 3. The summed E-state index contributed by atoms with van der Waals surface area (Å²) in [5.74, 6) is 1.31. The Morgan fingerprint density at radius 2 is 1.86 bits per heavy atom. The molecule has 178 valence electrons. The SMILES string of the molecule is Cc1cc(C)c(Nc2nc(NC3CCN(Cc4cccc(C#N)c4)CC3)nc3nc[nH]c23)c(C)c1. The number of fused-ring (bicyclic) bond motifs is 1. The molecule has 8 heteroatoms. The van der Waals surface area contributed by atoms with Crippen molar-refractivity contribution >= 4 is 28.6 Å². The molecule has 1 aliphatic rings. The average molecular weight is 467 g/mol. The van der Waals surface area contributed by atoms with Gasteiger partial charge in [-0.15, -0.1) is 0 Å². The predicted octanol–water partition coefficient (Wildman–Crippen LogP) is 4.97. The van der Waals surface area contributed by atoms with Gasteiger partial charge in [0, 0.05) is 31.4 Å². The highest BCUT2D eigenvalue weighted by molar-refractivity contribution is 5.87. The van der Waals surface area contributed by atoms with Gasteiger partial charge in [0.1, 0.15) is 5.52 Å². The molecule has 1 saturated heterocycles. The Hall–Kier alpha value is -3.96. The van der Waals surface area contributed by atoms with Crippen molar-refractivity contribution in [2.75, 3.05) is 23.7 Å². The molecule has 2 aromatic heterocycles. The topological polar surface area (TPSA) is 106 Å². The van der Waals surface area contributed by atoms with Crippen molar-refractivity contribution in [1.29, 1.82) is 5.26 Å². The summed E-state index contributed by atoms with van der Waals surface area (Å²) < 4.78 is 0. The van der Waals surface area contributed by atoms with Gasteiger partial charge in [0.25, 0.3) is 0 Å². The third kappa shape index (κ3) is 5.10. The minimum atomic E-state index is 0.295. The largest absolute Gasteiger partial charge is 0.351 e. The maximum Gasteiger partial charge on any atom is 0.227 e. The first kappa shape index (κ1) is 22.8. The van der Waals surface area contributed by atoms with Crippen LogP contribution in [-0.2, 0) is 6.54 Å². The summed E-state index contributed by atoms with van der Waals surface area (Å²) in [5, 5.41) is 16.2. The summed E-state index contributed by atoms with van der Waals surface area (Å²) in [5.41, 5.74) is 7.99. The predicted molar refractivity (Wildman–Crippen MR) is 139 cm³/mol. The van der Waals surface area contributed by atoms with E-state index in [0.29, 0.717) is 23.2 Å². The van der Waals surface area contributed by atoms with Gasteiger partial charge in [-0.1, -0.05) is 29.8 Å². The zero-order valence-electron chi connectivity index (χ0n) is 20.4. The van der Waals surface area contributed by atoms with Crippen LogP contribution in [0.5, 0.6) is 0 Å². The van der Waals surface area contributed by atoms with Crippen LogP contribution in [0.1, 0.15) is 40.7 Å². The molecule has 4 aromatic rings. The molecule has 0 amide bonds. The Balaban J connectivity index is 1.28. The van der Waals surface area contributed by atoms with E-state index in [4.69, 9.17) is 10.2 Å². The summed E-state index contributed by atoms with van der Waals surface area (Å²) in [6, 6.07) is 14.7. The van der Waals surface area contributed by atoms with Gasteiger partial charge >= 0.3 is 0 Å². The lowest BCUT2D eigenvalue weighted by molar-refractivity contribution is 0.211. The van der Waals surface area contributed by atoms with Crippen LogP contribution >= 0.6 is 0 Å². The second kappa shape index (κ2) is 9.72. The van der Waals surface area contributed by atoms with Gasteiger partial charge in [0.05, 0.1) is 18.0 Å². The molecule has 2 aromatic carbocycles. The number of aromatic amines is 1. The first-order chi connectivity index (χ1) is 17.0. The van der Waals surface area contributed by atoms with Crippen LogP contribution in [0, 0.1) is 32.1 Å². The molecule has 3 N–H and O–H groups in total. The Bertz CT molecular complexity index is 1370. The van der Waals surface area contributed by atoms with Crippen LogP contribution < -0.4 is 10.6 Å². The Morgan fingerprint density at radius 3 is 2.60 bits per heavy atom. The number of imidazole rings is 1. The van der Waals surface area contributed by atoms with Gasteiger partial charge in [0.2, 0.25) is 5.95 Å². The average Bonchev–Trinajstić information content (AvgIpc) is 3.31. The Morgan fingerprint density at radius 1 is 1.09 bits per heavy atom. The first-order valence-electron chi connectivity index (χ1n) is 12.0. The number of likely N-dealkylation sites (tertiary alicyclic amines) is 1. The molecular weight excluding hydrogens is 436 g/mol. The molecule has 1 fully saturated rings. The van der Waals surface area contributed by atoms with Crippen LogP contribution in [0.4, 0.5) is 17.5 Å². The molecular formula is C27H30N8. The number of nitriles is 1. The summed E-state index contributed by atoms with van der Waals surface area (Å²) in [7, 11) is 0. The Kier molecular flexibility index (Phi) is 6.34. The maximum atomic E-state index is 9.14. The van der Waals surface area contributed by atoms with Crippen LogP contribution in [-0.4, -0.2) is 44.0 Å². The van der Waals surface area contributed by atoms with Gasteiger partial charge in [-0.2, -0.15) is 15.2 Å². The van der Waals surface area contributed by atoms with Crippen LogP contribution in [0.15, 0.2) is 42.7 Å². The normalized spacial score (nSPS) is 14.7. The summed E-state index contributed by atoms with van der Waals surface area (Å²) in [6.45, 7) is 9.14. The van der Waals surface area contributed by atoms with Crippen molar-refractivity contribution in [1.82, 2.24) is 24.8 Å². The number of nitrogens with zero attached hydrogens (tertiary/aromatic N) is 5. The smallest absolute Gasteiger partial charge is 0.227 e. The summed E-state index contributed by atoms with van der Waals surface area (Å²) in [4.78, 5) is 19.5. The molecule has 0 saturated carbocycles. The lowest BCUT2D eigenvalue weighted by Gasteiger charge is -2.32. The van der Waals surface area contributed by atoms with Crippen molar-refractivity contribution in [2.24, 2.45) is 0 Å². The lowest BCUT2D eigenvalue weighted by Crippen LogP contribution is -2.39. The van der Waals surface area contributed by atoms with E-state index in [0.717, 1.165) is 49.5 Å². The van der Waals surface area contributed by atoms with Crippen LogP contribution in [0.25, 0.3) is 11.2 Å². The summed E-state index contributed by atoms with van der Waals surface area (Å²) >= 11 is 0. The molecule has 5 rings (SSSR count). The van der Waals surface area contributed by atoms with E-state index in [1.165, 1.54) is 22.3 Å². The fourth-order valence-corrected chi connectivity index (χ4v) is 4.90. The molecule has 0 unspecified atom stereocenters. The zero-order chi connectivity index (χ0) is 24.4. The maximum absolute atomic E-state index is 9.14. The number of aryl methyl sites for hydroxylation is 3. The number of aromatic nitrogens is 4. The van der Waals surface area contributed by atoms with E-state index in [2.05, 4.69) is 75.5 Å². The highest BCUT2D eigenvalue weighted by atomic mass is 15.2. The molecule has 8 nitrogen and oxygen atoms in total. The van der Waals surface area contributed by atoms with Gasteiger partial charge in [-0.05, 0) is 62.4 Å². The van der Waals surface area contributed by atoms with Crippen molar-refractivity contribution in [3.05, 3.63) is 70.5 Å². The number of hydrogen-bond donors (Lipinski definition) is 3. The fourth-order valence-electron chi connectivity index (χ4n) is 4.90. The van der Waals surface area contributed by atoms with Gasteiger partial charge in [-0.25, -0.2) is 4.98 Å². The van der Waals surface area contributed by atoms with Crippen molar-refractivity contribution in [3.8, 4) is 6.07 Å².